The Kier molecular flexibility index (Phi) is 7.53. The van der Waals surface area contributed by atoms with Crippen LogP contribution in [-0.4, -0.2) is 55.0 Å². The number of nitrogens with one attached hydrogen (secondary N) is 2. The van der Waals surface area contributed by atoms with Crippen LogP contribution in [0.3, 0.4) is 0 Å². The fourth-order valence-electron chi connectivity index (χ4n) is 3.89. The van der Waals surface area contributed by atoms with Crippen LogP contribution < -0.4 is 25.8 Å². The van der Waals surface area contributed by atoms with Crippen LogP contribution in [0, 0.1) is 11.6 Å². The molecule has 0 spiro atoms. The van der Waals surface area contributed by atoms with Gasteiger partial charge in [-0.15, -0.1) is 0 Å². The van der Waals surface area contributed by atoms with E-state index in [1.165, 1.54) is 13.2 Å². The van der Waals surface area contributed by atoms with Gasteiger partial charge in [0.15, 0.2) is 5.13 Å². The van der Waals surface area contributed by atoms with Gasteiger partial charge in [-0.25, -0.2) is 18.6 Å². The highest BCUT2D eigenvalue weighted by atomic mass is 32.1. The molecular weight excluding hydrogens is 492 g/mol. The van der Waals surface area contributed by atoms with Gasteiger partial charge in [-0.05, 0) is 37.1 Å². The van der Waals surface area contributed by atoms with E-state index in [4.69, 9.17) is 15.2 Å². The molecule has 1 aliphatic rings. The van der Waals surface area contributed by atoms with Crippen molar-refractivity contribution in [2.24, 2.45) is 0 Å². The number of thiazole rings is 1. The number of nitrogens with zero attached hydrogens (tertiary/aromatic N) is 2. The summed E-state index contributed by atoms with van der Waals surface area (Å²) in [5.41, 5.74) is 5.72. The number of likely N-dealkylation sites (tertiary alicyclic amines) is 1. The Morgan fingerprint density at radius 1 is 1.11 bits per heavy atom. The van der Waals surface area contributed by atoms with E-state index in [-0.39, 0.29) is 22.8 Å². The highest BCUT2D eigenvalue weighted by Gasteiger charge is 2.27. The molecule has 1 aromatic heterocycles. The Labute approximate surface area is 210 Å². The summed E-state index contributed by atoms with van der Waals surface area (Å²) in [4.78, 5) is 31.3. The molecule has 1 fully saturated rings. The fraction of sp³-hybridized carbons (Fsp3) is 0.292. The molecule has 9 nitrogen and oxygen atoms in total. The Hall–Kier alpha value is -3.93. The maximum atomic E-state index is 14.0. The Morgan fingerprint density at radius 3 is 2.44 bits per heavy atom. The van der Waals surface area contributed by atoms with Gasteiger partial charge in [0.25, 0.3) is 0 Å². The molecule has 1 saturated heterocycles. The van der Waals surface area contributed by atoms with E-state index in [0.29, 0.717) is 48.2 Å². The number of rotatable bonds is 7. The van der Waals surface area contributed by atoms with Gasteiger partial charge in [-0.1, -0.05) is 17.4 Å². The molecule has 1 aliphatic heterocycles. The molecule has 12 heteroatoms. The van der Waals surface area contributed by atoms with Crippen LogP contribution >= 0.6 is 11.3 Å². The summed E-state index contributed by atoms with van der Waals surface area (Å²) < 4.78 is 38.6. The highest BCUT2D eigenvalue weighted by Crippen LogP contribution is 2.31. The first-order valence-corrected chi connectivity index (χ1v) is 11.9. The van der Waals surface area contributed by atoms with E-state index in [0.717, 1.165) is 23.5 Å². The van der Waals surface area contributed by atoms with Crippen molar-refractivity contribution in [3.05, 3.63) is 58.5 Å². The van der Waals surface area contributed by atoms with Gasteiger partial charge >= 0.3 is 6.03 Å². The largest absolute Gasteiger partial charge is 0.497 e. The number of ketones is 1. The average molecular weight is 518 g/mol. The van der Waals surface area contributed by atoms with E-state index in [1.807, 2.05) is 0 Å². The van der Waals surface area contributed by atoms with Gasteiger partial charge in [0.05, 0.1) is 25.5 Å². The predicted octanol–water partition coefficient (Wildman–Crippen LogP) is 4.36. The third-order valence-electron chi connectivity index (χ3n) is 5.81. The number of nitrogens with two attached hydrogens (primary N) is 1. The summed E-state index contributed by atoms with van der Waals surface area (Å²) >= 11 is 0.941. The molecule has 36 heavy (non-hydrogen) atoms. The molecule has 4 N–H and O–H groups in total. The Morgan fingerprint density at radius 2 is 1.81 bits per heavy atom. The van der Waals surface area contributed by atoms with Crippen molar-refractivity contribution in [3.63, 3.8) is 0 Å². The van der Waals surface area contributed by atoms with Gasteiger partial charge in [0.1, 0.15) is 33.8 Å². The predicted molar refractivity (Wildman–Crippen MR) is 133 cm³/mol. The lowest BCUT2D eigenvalue weighted by Gasteiger charge is -2.32. The quantitative estimate of drug-likeness (QED) is 0.399. The van der Waals surface area contributed by atoms with Crippen molar-refractivity contribution in [3.8, 4) is 11.5 Å². The second-order valence-electron chi connectivity index (χ2n) is 8.06. The molecule has 2 heterocycles. The van der Waals surface area contributed by atoms with Crippen molar-refractivity contribution in [2.75, 3.05) is 43.7 Å². The topological polar surface area (TPSA) is 119 Å². The van der Waals surface area contributed by atoms with Crippen LogP contribution in [0.1, 0.15) is 28.1 Å². The van der Waals surface area contributed by atoms with Crippen LogP contribution in [0.4, 0.5) is 30.2 Å². The SMILES string of the molecule is COc1ccc(OC)c(NC(=O)N2CCC(Nc3nc(N)c(C(=O)c4c(F)cccc4F)s3)CC2)c1. The number of carbonyl (C=O) groups is 2. The molecule has 0 radical (unpaired) electrons. The summed E-state index contributed by atoms with van der Waals surface area (Å²) in [5, 5.41) is 6.44. The third kappa shape index (κ3) is 5.33. The minimum absolute atomic E-state index is 0.0286. The number of aromatic nitrogens is 1. The van der Waals surface area contributed by atoms with Crippen LogP contribution in [0.2, 0.25) is 0 Å². The lowest BCUT2D eigenvalue weighted by molar-refractivity contribution is 0.103. The van der Waals surface area contributed by atoms with E-state index >= 15 is 0 Å². The van der Waals surface area contributed by atoms with Crippen LogP contribution in [0.15, 0.2) is 36.4 Å². The number of hydrogen-bond donors (Lipinski definition) is 3. The molecule has 4 rings (SSSR count). The Bertz CT molecular complexity index is 1260. The smallest absolute Gasteiger partial charge is 0.321 e. The highest BCUT2D eigenvalue weighted by molar-refractivity contribution is 7.18. The maximum Gasteiger partial charge on any atom is 0.321 e. The van der Waals surface area contributed by atoms with Gasteiger partial charge in [-0.3, -0.25) is 4.79 Å². The van der Waals surface area contributed by atoms with E-state index < -0.39 is 23.0 Å². The molecule has 2 aromatic carbocycles. The number of piperidine rings is 1. The van der Waals surface area contributed by atoms with E-state index in [1.54, 1.807) is 30.2 Å². The minimum atomic E-state index is -0.959. The molecule has 2 amide bonds. The molecule has 0 saturated carbocycles. The van der Waals surface area contributed by atoms with Gasteiger partial charge < -0.3 is 30.7 Å². The Balaban J connectivity index is 1.36. The lowest BCUT2D eigenvalue weighted by atomic mass is 10.1. The second kappa shape index (κ2) is 10.8. The monoisotopic (exact) mass is 517 g/mol. The molecule has 0 unspecified atom stereocenters. The number of benzene rings is 2. The zero-order valence-corrected chi connectivity index (χ0v) is 20.5. The number of anilines is 3. The van der Waals surface area contributed by atoms with Gasteiger partial charge in [0.2, 0.25) is 5.78 Å². The van der Waals surface area contributed by atoms with Gasteiger partial charge in [0, 0.05) is 25.2 Å². The van der Waals surface area contributed by atoms with Crippen molar-refractivity contribution < 1.29 is 27.8 Å². The number of urea groups is 1. The second-order valence-corrected chi connectivity index (χ2v) is 9.06. The van der Waals surface area contributed by atoms with E-state index in [9.17, 15) is 18.4 Å². The summed E-state index contributed by atoms with van der Waals surface area (Å²) in [5.74, 6) is -1.76. The fourth-order valence-corrected chi connectivity index (χ4v) is 4.80. The van der Waals surface area contributed by atoms with Crippen LogP contribution in [0.25, 0.3) is 0 Å². The number of methoxy groups -OCH3 is 2. The third-order valence-corrected chi connectivity index (χ3v) is 6.81. The molecule has 0 aliphatic carbocycles. The minimum Gasteiger partial charge on any atom is -0.497 e. The molecule has 0 atom stereocenters. The van der Waals surface area contributed by atoms with Crippen LogP contribution in [0.5, 0.6) is 11.5 Å². The molecule has 3 aromatic rings. The molecular formula is C24H25F2N5O4S. The maximum absolute atomic E-state index is 14.0. The number of amides is 2. The summed E-state index contributed by atoms with van der Waals surface area (Å²) in [6.07, 6.45) is 1.24. The zero-order valence-electron chi connectivity index (χ0n) is 19.6. The molecule has 0 bridgehead atoms. The average Bonchev–Trinajstić information content (AvgIpc) is 3.23. The van der Waals surface area contributed by atoms with Crippen molar-refractivity contribution in [2.45, 2.75) is 18.9 Å². The number of ether oxygens (including phenoxy) is 2. The summed E-state index contributed by atoms with van der Waals surface area (Å²) in [6, 6.07) is 8.06. The number of nitrogen functional groups attached to an aromatic ring is 1. The normalized spacial score (nSPS) is 13.8. The standard InChI is InChI=1S/C24H25F2N5O4S/c1-34-14-6-7-18(35-2)17(12-14)29-24(33)31-10-8-13(9-11-31)28-23-30-22(27)21(36-23)20(32)19-15(25)4-3-5-16(19)26/h3-7,12-13H,8-11,27H2,1-2H3,(H,28,30)(H,29,33). The van der Waals surface area contributed by atoms with Crippen molar-refractivity contribution in [1.82, 2.24) is 9.88 Å². The zero-order chi connectivity index (χ0) is 25.8. The molecule has 190 valence electrons. The summed E-state index contributed by atoms with van der Waals surface area (Å²) in [7, 11) is 3.06. The number of halogens is 2. The first-order valence-electron chi connectivity index (χ1n) is 11.1. The van der Waals surface area contributed by atoms with Crippen molar-refractivity contribution in [1.29, 1.82) is 0 Å². The lowest BCUT2D eigenvalue weighted by Crippen LogP contribution is -2.44. The van der Waals surface area contributed by atoms with Gasteiger partial charge in [-0.2, -0.15) is 0 Å². The number of carbonyl (C=O) groups excluding carboxylic acids is 2. The van der Waals surface area contributed by atoms with Crippen LogP contribution in [-0.2, 0) is 0 Å². The first-order chi connectivity index (χ1) is 17.3. The van der Waals surface area contributed by atoms with E-state index in [2.05, 4.69) is 15.6 Å². The first kappa shape index (κ1) is 25.2. The van der Waals surface area contributed by atoms with Crippen molar-refractivity contribution >= 4 is 39.8 Å². The number of hydrogen-bond acceptors (Lipinski definition) is 8. The summed E-state index contributed by atoms with van der Waals surface area (Å²) in [6.45, 7) is 0.950.